The van der Waals surface area contributed by atoms with Crippen molar-refractivity contribution in [3.05, 3.63) is 68.4 Å². The van der Waals surface area contributed by atoms with Gasteiger partial charge in [-0.3, -0.25) is 0 Å². The molecule has 0 saturated carbocycles. The second kappa shape index (κ2) is 6.01. The largest absolute Gasteiger partial charge is 0.358 e. The van der Waals surface area contributed by atoms with Crippen LogP contribution in [0.2, 0.25) is 0 Å². The van der Waals surface area contributed by atoms with E-state index in [1.165, 1.54) is 20.4 Å². The van der Waals surface area contributed by atoms with Gasteiger partial charge in [0.25, 0.3) is 0 Å². The molecule has 0 fully saturated rings. The Bertz CT molecular complexity index is 913. The lowest BCUT2D eigenvalue weighted by Gasteiger charge is -2.25. The summed E-state index contributed by atoms with van der Waals surface area (Å²) in [5, 5.41) is 10.2. The van der Waals surface area contributed by atoms with Gasteiger partial charge in [0.15, 0.2) is 0 Å². The molecule has 0 aliphatic carbocycles. The number of benzene rings is 2. The lowest BCUT2D eigenvalue weighted by atomic mass is 9.81. The number of nitrogens with one attached hydrogen (secondary N) is 1. The molecule has 0 spiro atoms. The van der Waals surface area contributed by atoms with Crippen LogP contribution in [-0.2, 0) is 11.8 Å². The predicted molar refractivity (Wildman–Crippen MR) is 104 cm³/mol. The molecule has 0 radical (unpaired) electrons. The van der Waals surface area contributed by atoms with Crippen LogP contribution in [0.5, 0.6) is 0 Å². The Morgan fingerprint density at radius 2 is 1.91 bits per heavy atom. The Morgan fingerprint density at radius 1 is 1.13 bits per heavy atom. The van der Waals surface area contributed by atoms with Crippen molar-refractivity contribution in [2.24, 2.45) is 0 Å². The first-order valence-corrected chi connectivity index (χ1v) is 8.86. The topological polar surface area (TPSA) is 39.6 Å². The van der Waals surface area contributed by atoms with E-state index in [1.807, 2.05) is 18.2 Å². The third-order valence-corrected chi connectivity index (χ3v) is 5.58. The number of H-pyrrole nitrogens is 1. The highest BCUT2D eigenvalue weighted by Crippen LogP contribution is 2.34. The van der Waals surface area contributed by atoms with Crippen LogP contribution in [-0.4, -0.2) is 4.98 Å². The van der Waals surface area contributed by atoms with Crippen LogP contribution in [0.15, 0.2) is 42.5 Å². The molecule has 116 valence electrons. The molecule has 1 heterocycles. The number of aryl methyl sites for hydroxylation is 1. The summed E-state index contributed by atoms with van der Waals surface area (Å²) in [5.74, 6) is 0. The van der Waals surface area contributed by atoms with E-state index >= 15 is 0 Å². The Balaban J connectivity index is 2.08. The molecular formula is C20H19IN2. The molecule has 0 bridgehead atoms. The average Bonchev–Trinajstić information content (AvgIpc) is 2.98. The van der Waals surface area contributed by atoms with Crippen LogP contribution in [0.4, 0.5) is 0 Å². The number of hydrogen-bond donors (Lipinski definition) is 1. The highest BCUT2D eigenvalue weighted by molar-refractivity contribution is 14.1. The fraction of sp³-hybridized carbons (Fsp3) is 0.250. The summed E-state index contributed by atoms with van der Waals surface area (Å²) in [5.41, 5.74) is 5.45. The number of rotatable bonds is 3. The van der Waals surface area contributed by atoms with Gasteiger partial charge in [-0.1, -0.05) is 39.0 Å². The molecule has 2 nitrogen and oxygen atoms in total. The van der Waals surface area contributed by atoms with Crippen LogP contribution in [0.25, 0.3) is 10.9 Å². The fourth-order valence-corrected chi connectivity index (χ4v) is 3.81. The Labute approximate surface area is 150 Å². The number of fused-ring (bicyclic) bond motifs is 1. The van der Waals surface area contributed by atoms with Gasteiger partial charge < -0.3 is 4.98 Å². The molecule has 0 unspecified atom stereocenters. The lowest BCUT2D eigenvalue weighted by molar-refractivity contribution is 0.622. The maximum Gasteiger partial charge on any atom is 0.0992 e. The molecule has 0 atom stereocenters. The maximum absolute atomic E-state index is 9.06. The molecule has 0 amide bonds. The smallest absolute Gasteiger partial charge is 0.0992 e. The SMILES string of the molecule is CCc1ccc(C(C)(C)c2cc3ccc(C#N)cc3[nH]2)cc1I. The Morgan fingerprint density at radius 3 is 2.57 bits per heavy atom. The van der Waals surface area contributed by atoms with Gasteiger partial charge in [0, 0.05) is 20.2 Å². The van der Waals surface area contributed by atoms with Gasteiger partial charge in [-0.25, -0.2) is 0 Å². The molecular weight excluding hydrogens is 395 g/mol. The lowest BCUT2D eigenvalue weighted by Crippen LogP contribution is -2.19. The van der Waals surface area contributed by atoms with E-state index in [1.54, 1.807) is 0 Å². The molecule has 3 heteroatoms. The Kier molecular flexibility index (Phi) is 4.20. The first-order valence-electron chi connectivity index (χ1n) is 7.78. The molecule has 3 rings (SSSR count). The summed E-state index contributed by atoms with van der Waals surface area (Å²) in [6, 6.07) is 16.9. The van der Waals surface area contributed by atoms with Gasteiger partial charge in [-0.2, -0.15) is 5.26 Å². The summed E-state index contributed by atoms with van der Waals surface area (Å²) in [6.07, 6.45) is 1.06. The third-order valence-electron chi connectivity index (χ3n) is 4.58. The van der Waals surface area contributed by atoms with Crippen LogP contribution < -0.4 is 0 Å². The zero-order valence-corrected chi connectivity index (χ0v) is 15.7. The second-order valence-electron chi connectivity index (χ2n) is 6.38. The van der Waals surface area contributed by atoms with E-state index in [0.717, 1.165) is 17.3 Å². The van der Waals surface area contributed by atoms with Crippen molar-refractivity contribution < 1.29 is 0 Å². The van der Waals surface area contributed by atoms with Crippen molar-refractivity contribution >= 4 is 33.5 Å². The quantitative estimate of drug-likeness (QED) is 0.563. The molecule has 0 aliphatic heterocycles. The van der Waals surface area contributed by atoms with Gasteiger partial charge in [0.1, 0.15) is 0 Å². The van der Waals surface area contributed by atoms with Crippen LogP contribution in [0, 0.1) is 14.9 Å². The van der Waals surface area contributed by atoms with Crippen LogP contribution in [0.3, 0.4) is 0 Å². The van der Waals surface area contributed by atoms with Crippen LogP contribution >= 0.6 is 22.6 Å². The number of aromatic amines is 1. The summed E-state index contributed by atoms with van der Waals surface area (Å²) in [7, 11) is 0. The molecule has 0 aliphatic rings. The monoisotopic (exact) mass is 414 g/mol. The number of nitrogens with zero attached hydrogens (tertiary/aromatic N) is 1. The molecule has 2 aromatic carbocycles. The highest BCUT2D eigenvalue weighted by atomic mass is 127. The average molecular weight is 414 g/mol. The first-order chi connectivity index (χ1) is 11.0. The summed E-state index contributed by atoms with van der Waals surface area (Å²) in [6.45, 7) is 6.66. The van der Waals surface area contributed by atoms with Crippen molar-refractivity contribution in [2.75, 3.05) is 0 Å². The molecule has 1 N–H and O–H groups in total. The van der Waals surface area contributed by atoms with E-state index in [0.29, 0.717) is 5.56 Å². The highest BCUT2D eigenvalue weighted by Gasteiger charge is 2.25. The number of halogens is 1. The number of aromatic nitrogens is 1. The minimum Gasteiger partial charge on any atom is -0.358 e. The standard InChI is InChI=1S/C20H19IN2/c1-4-14-7-8-16(11-17(14)21)20(2,3)19-10-15-6-5-13(12-22)9-18(15)23-19/h5-11,23H,4H2,1-3H3. The fourth-order valence-electron chi connectivity index (χ4n) is 2.91. The number of nitriles is 1. The van der Waals surface area contributed by atoms with E-state index in [2.05, 4.69) is 78.7 Å². The van der Waals surface area contributed by atoms with Gasteiger partial charge >= 0.3 is 0 Å². The van der Waals surface area contributed by atoms with Gasteiger partial charge in [-0.05, 0) is 69.8 Å². The zero-order chi connectivity index (χ0) is 16.6. The number of hydrogen-bond acceptors (Lipinski definition) is 1. The van der Waals surface area contributed by atoms with Crippen LogP contribution in [0.1, 0.15) is 43.2 Å². The second-order valence-corrected chi connectivity index (χ2v) is 7.54. The van der Waals surface area contributed by atoms with E-state index in [-0.39, 0.29) is 5.41 Å². The third kappa shape index (κ3) is 2.88. The molecule has 3 aromatic rings. The summed E-state index contributed by atoms with van der Waals surface area (Å²) < 4.78 is 1.32. The minimum absolute atomic E-state index is 0.113. The van der Waals surface area contributed by atoms with Crippen molar-refractivity contribution in [3.63, 3.8) is 0 Å². The molecule has 23 heavy (non-hydrogen) atoms. The normalized spacial score (nSPS) is 11.6. The summed E-state index contributed by atoms with van der Waals surface area (Å²) in [4.78, 5) is 3.50. The molecule has 0 saturated heterocycles. The van der Waals surface area contributed by atoms with E-state index < -0.39 is 0 Å². The Hall–Kier alpha value is -1.80. The first kappa shape index (κ1) is 16.1. The van der Waals surface area contributed by atoms with Gasteiger partial charge in [-0.15, -0.1) is 0 Å². The predicted octanol–water partition coefficient (Wildman–Crippen LogP) is 5.53. The van der Waals surface area contributed by atoms with E-state index in [4.69, 9.17) is 5.26 Å². The van der Waals surface area contributed by atoms with Gasteiger partial charge in [0.2, 0.25) is 0 Å². The summed E-state index contributed by atoms with van der Waals surface area (Å²) >= 11 is 2.42. The molecule has 1 aromatic heterocycles. The van der Waals surface area contributed by atoms with Crippen molar-refractivity contribution in [3.8, 4) is 6.07 Å². The van der Waals surface area contributed by atoms with Crippen molar-refractivity contribution in [1.82, 2.24) is 4.98 Å². The van der Waals surface area contributed by atoms with Crippen molar-refractivity contribution in [1.29, 1.82) is 5.26 Å². The maximum atomic E-state index is 9.06. The minimum atomic E-state index is -0.113. The van der Waals surface area contributed by atoms with E-state index in [9.17, 15) is 0 Å². The van der Waals surface area contributed by atoms with Crippen molar-refractivity contribution in [2.45, 2.75) is 32.6 Å². The zero-order valence-electron chi connectivity index (χ0n) is 13.6. The van der Waals surface area contributed by atoms with Gasteiger partial charge in [0.05, 0.1) is 11.6 Å².